The summed E-state index contributed by atoms with van der Waals surface area (Å²) in [5.41, 5.74) is 1.25. The normalized spacial score (nSPS) is 21.5. The molecule has 1 fully saturated rings. The zero-order valence-corrected chi connectivity index (χ0v) is 13.7. The first kappa shape index (κ1) is 16.3. The molecule has 0 aromatic rings. The zero-order valence-electron chi connectivity index (χ0n) is 13.7. The summed E-state index contributed by atoms with van der Waals surface area (Å²) in [5.74, 6) is 0. The van der Waals surface area contributed by atoms with Gasteiger partial charge in [0.1, 0.15) is 5.60 Å². The molecule has 0 spiro atoms. The van der Waals surface area contributed by atoms with E-state index in [4.69, 9.17) is 9.47 Å². The number of hydrogen-bond donors (Lipinski definition) is 1. The highest BCUT2D eigenvalue weighted by atomic mass is 16.6. The van der Waals surface area contributed by atoms with Gasteiger partial charge in [-0.25, -0.2) is 4.79 Å². The van der Waals surface area contributed by atoms with Gasteiger partial charge in [0, 0.05) is 31.6 Å². The molecule has 120 valence electrons. The molecule has 5 heteroatoms. The van der Waals surface area contributed by atoms with Crippen LogP contribution in [0.15, 0.2) is 11.6 Å². The Morgan fingerprint density at radius 2 is 2.19 bits per heavy atom. The maximum Gasteiger partial charge on any atom is 0.410 e. The van der Waals surface area contributed by atoms with Crippen LogP contribution in [0, 0.1) is 5.41 Å². The molecule has 5 nitrogen and oxygen atoms in total. The first-order chi connectivity index (χ1) is 9.77. The second-order valence-corrected chi connectivity index (χ2v) is 7.45. The molecular formula is C16H28N2O3. The SMILES string of the molecule is CC1(CNCC2=CCN(C(=O)OC(C)(C)C)CC2)COC1. The van der Waals surface area contributed by atoms with E-state index < -0.39 is 5.60 Å². The summed E-state index contributed by atoms with van der Waals surface area (Å²) < 4.78 is 10.6. The Morgan fingerprint density at radius 3 is 2.67 bits per heavy atom. The number of carbonyl (C=O) groups is 1. The number of nitrogens with zero attached hydrogens (tertiary/aromatic N) is 1. The van der Waals surface area contributed by atoms with E-state index in [1.807, 2.05) is 20.8 Å². The van der Waals surface area contributed by atoms with Crippen LogP contribution >= 0.6 is 0 Å². The Bertz CT molecular complexity index is 408. The van der Waals surface area contributed by atoms with Crippen LogP contribution < -0.4 is 5.32 Å². The van der Waals surface area contributed by atoms with E-state index in [0.717, 1.165) is 39.3 Å². The Kier molecular flexibility index (Phi) is 4.94. The van der Waals surface area contributed by atoms with Crippen molar-refractivity contribution >= 4 is 6.09 Å². The largest absolute Gasteiger partial charge is 0.444 e. The highest BCUT2D eigenvalue weighted by Crippen LogP contribution is 2.25. The second kappa shape index (κ2) is 6.36. The smallest absolute Gasteiger partial charge is 0.410 e. The third kappa shape index (κ3) is 5.00. The van der Waals surface area contributed by atoms with E-state index in [-0.39, 0.29) is 6.09 Å². The Labute approximate surface area is 127 Å². The monoisotopic (exact) mass is 296 g/mol. The Balaban J connectivity index is 1.70. The molecule has 1 amide bonds. The highest BCUT2D eigenvalue weighted by Gasteiger charge is 2.32. The summed E-state index contributed by atoms with van der Waals surface area (Å²) in [5, 5.41) is 3.50. The third-order valence-electron chi connectivity index (χ3n) is 3.76. The molecule has 1 N–H and O–H groups in total. The number of carbonyl (C=O) groups excluding carboxylic acids is 1. The van der Waals surface area contributed by atoms with Crippen molar-refractivity contribution in [3.05, 3.63) is 11.6 Å². The van der Waals surface area contributed by atoms with Crippen LogP contribution in [0.5, 0.6) is 0 Å². The fourth-order valence-corrected chi connectivity index (χ4v) is 2.44. The lowest BCUT2D eigenvalue weighted by Crippen LogP contribution is -2.47. The summed E-state index contributed by atoms with van der Waals surface area (Å²) in [6, 6.07) is 0. The van der Waals surface area contributed by atoms with Crippen LogP contribution in [0.2, 0.25) is 0 Å². The Morgan fingerprint density at radius 1 is 1.48 bits per heavy atom. The number of nitrogens with one attached hydrogen (secondary N) is 1. The second-order valence-electron chi connectivity index (χ2n) is 7.45. The summed E-state index contributed by atoms with van der Waals surface area (Å²) in [4.78, 5) is 13.7. The fourth-order valence-electron chi connectivity index (χ4n) is 2.44. The van der Waals surface area contributed by atoms with E-state index >= 15 is 0 Å². The summed E-state index contributed by atoms with van der Waals surface area (Å²) in [6.07, 6.45) is 2.84. The molecule has 0 saturated carbocycles. The van der Waals surface area contributed by atoms with Crippen molar-refractivity contribution in [2.45, 2.75) is 39.7 Å². The maximum absolute atomic E-state index is 12.0. The molecule has 1 saturated heterocycles. The van der Waals surface area contributed by atoms with Gasteiger partial charge in [-0.2, -0.15) is 0 Å². The van der Waals surface area contributed by atoms with Crippen LogP contribution in [0.3, 0.4) is 0 Å². The standard InChI is InChI=1S/C16H28N2O3/c1-15(2,3)21-14(19)18-7-5-13(6-8-18)9-17-10-16(4)11-20-12-16/h5,17H,6-12H2,1-4H3. The van der Waals surface area contributed by atoms with E-state index in [9.17, 15) is 4.79 Å². The van der Waals surface area contributed by atoms with Gasteiger partial charge in [-0.3, -0.25) is 0 Å². The molecule has 2 aliphatic heterocycles. The predicted molar refractivity (Wildman–Crippen MR) is 82.3 cm³/mol. The van der Waals surface area contributed by atoms with Gasteiger partial charge in [-0.15, -0.1) is 0 Å². The first-order valence-electron chi connectivity index (χ1n) is 7.72. The molecule has 2 rings (SSSR count). The zero-order chi connectivity index (χ0) is 15.5. The molecule has 0 radical (unpaired) electrons. The molecule has 0 aliphatic carbocycles. The lowest BCUT2D eigenvalue weighted by atomic mass is 9.88. The fraction of sp³-hybridized carbons (Fsp3) is 0.812. The van der Waals surface area contributed by atoms with Crippen molar-refractivity contribution in [1.82, 2.24) is 10.2 Å². The molecule has 2 heterocycles. The summed E-state index contributed by atoms with van der Waals surface area (Å²) in [7, 11) is 0. The average molecular weight is 296 g/mol. The third-order valence-corrected chi connectivity index (χ3v) is 3.76. The minimum absolute atomic E-state index is 0.218. The number of ether oxygens (including phenoxy) is 2. The van der Waals surface area contributed by atoms with Gasteiger partial charge >= 0.3 is 6.09 Å². The van der Waals surface area contributed by atoms with Gasteiger partial charge in [-0.05, 0) is 27.2 Å². The van der Waals surface area contributed by atoms with Gasteiger partial charge in [0.25, 0.3) is 0 Å². The van der Waals surface area contributed by atoms with Crippen LogP contribution in [0.1, 0.15) is 34.1 Å². The molecule has 0 atom stereocenters. The van der Waals surface area contributed by atoms with Crippen molar-refractivity contribution in [3.8, 4) is 0 Å². The predicted octanol–water partition coefficient (Wildman–Crippen LogP) is 2.18. The van der Waals surface area contributed by atoms with Crippen molar-refractivity contribution in [2.75, 3.05) is 39.4 Å². The van der Waals surface area contributed by atoms with Crippen molar-refractivity contribution in [2.24, 2.45) is 5.41 Å². The molecule has 0 unspecified atom stereocenters. The molecular weight excluding hydrogens is 268 g/mol. The van der Waals surface area contributed by atoms with Crippen molar-refractivity contribution in [3.63, 3.8) is 0 Å². The van der Waals surface area contributed by atoms with E-state index in [0.29, 0.717) is 12.0 Å². The minimum atomic E-state index is -0.428. The first-order valence-corrected chi connectivity index (χ1v) is 7.72. The highest BCUT2D eigenvalue weighted by molar-refractivity contribution is 5.68. The van der Waals surface area contributed by atoms with E-state index in [1.54, 1.807) is 4.90 Å². The lowest BCUT2D eigenvalue weighted by Gasteiger charge is -2.38. The summed E-state index contributed by atoms with van der Waals surface area (Å²) in [6.45, 7) is 12.9. The quantitative estimate of drug-likeness (QED) is 0.808. The van der Waals surface area contributed by atoms with Crippen LogP contribution in [-0.2, 0) is 9.47 Å². The van der Waals surface area contributed by atoms with Crippen molar-refractivity contribution in [1.29, 1.82) is 0 Å². The van der Waals surface area contributed by atoms with E-state index in [2.05, 4.69) is 18.3 Å². The number of hydrogen-bond acceptors (Lipinski definition) is 4. The van der Waals surface area contributed by atoms with Gasteiger partial charge in [0.2, 0.25) is 0 Å². The van der Waals surface area contributed by atoms with Crippen LogP contribution in [0.4, 0.5) is 4.79 Å². The molecule has 2 aliphatic rings. The Hall–Kier alpha value is -1.07. The minimum Gasteiger partial charge on any atom is -0.444 e. The number of rotatable bonds is 4. The molecule has 21 heavy (non-hydrogen) atoms. The van der Waals surface area contributed by atoms with Gasteiger partial charge in [0.05, 0.1) is 13.2 Å². The average Bonchev–Trinajstić information content (AvgIpc) is 2.35. The maximum atomic E-state index is 12.0. The van der Waals surface area contributed by atoms with Gasteiger partial charge in [0.15, 0.2) is 0 Å². The van der Waals surface area contributed by atoms with Gasteiger partial charge in [-0.1, -0.05) is 18.6 Å². The van der Waals surface area contributed by atoms with Crippen molar-refractivity contribution < 1.29 is 14.3 Å². The van der Waals surface area contributed by atoms with Gasteiger partial charge < -0.3 is 19.7 Å². The summed E-state index contributed by atoms with van der Waals surface area (Å²) >= 11 is 0. The lowest BCUT2D eigenvalue weighted by molar-refractivity contribution is -0.0987. The topological polar surface area (TPSA) is 50.8 Å². The molecule has 0 aromatic carbocycles. The molecule has 0 aromatic heterocycles. The number of amides is 1. The van der Waals surface area contributed by atoms with Crippen LogP contribution in [0.25, 0.3) is 0 Å². The molecule has 0 bridgehead atoms. The van der Waals surface area contributed by atoms with E-state index in [1.165, 1.54) is 5.57 Å². The van der Waals surface area contributed by atoms with Crippen LogP contribution in [-0.4, -0.2) is 56.0 Å².